The third kappa shape index (κ3) is 3.13. The monoisotopic (exact) mass is 268 g/mol. The minimum absolute atomic E-state index is 0.549. The molecule has 0 spiro atoms. The van der Waals surface area contributed by atoms with E-state index >= 15 is 0 Å². The summed E-state index contributed by atoms with van der Waals surface area (Å²) in [4.78, 5) is 9.08. The van der Waals surface area contributed by atoms with E-state index in [9.17, 15) is 0 Å². The summed E-state index contributed by atoms with van der Waals surface area (Å²) in [7, 11) is 0. The van der Waals surface area contributed by atoms with Gasteiger partial charge in [-0.15, -0.1) is 0 Å². The van der Waals surface area contributed by atoms with Crippen molar-refractivity contribution in [2.75, 3.05) is 12.0 Å². The van der Waals surface area contributed by atoms with Crippen LogP contribution < -0.4 is 11.3 Å². The molecule has 0 bridgehead atoms. The molecule has 0 aliphatic carbocycles. The predicted octanol–water partition coefficient (Wildman–Crippen LogP) is 1.87. The fourth-order valence-electron chi connectivity index (χ4n) is 1.80. The Morgan fingerprint density at radius 1 is 1.50 bits per heavy atom. The van der Waals surface area contributed by atoms with Crippen molar-refractivity contribution in [3.8, 4) is 0 Å². The second-order valence-corrected chi connectivity index (χ2v) is 5.82. The number of aromatic nitrogens is 2. The number of fused-ring (bicyclic) bond motifs is 1. The SMILES string of the molecule is CCC(C)SCc1nc2c(c(NN)n1)COCC2. The van der Waals surface area contributed by atoms with Gasteiger partial charge in [-0.25, -0.2) is 15.8 Å². The van der Waals surface area contributed by atoms with E-state index in [0.29, 0.717) is 17.7 Å². The van der Waals surface area contributed by atoms with Gasteiger partial charge in [0.15, 0.2) is 0 Å². The summed E-state index contributed by atoms with van der Waals surface area (Å²) in [5, 5.41) is 0.627. The van der Waals surface area contributed by atoms with Crippen LogP contribution >= 0.6 is 11.8 Å². The Morgan fingerprint density at radius 3 is 3.06 bits per heavy atom. The number of anilines is 1. The second kappa shape index (κ2) is 6.36. The summed E-state index contributed by atoms with van der Waals surface area (Å²) in [6.07, 6.45) is 2.00. The van der Waals surface area contributed by atoms with Gasteiger partial charge in [-0.3, -0.25) is 0 Å². The van der Waals surface area contributed by atoms with Crippen molar-refractivity contribution in [2.45, 2.75) is 44.3 Å². The summed E-state index contributed by atoms with van der Waals surface area (Å²) in [6.45, 7) is 5.69. The molecule has 1 unspecified atom stereocenters. The molecule has 2 heterocycles. The van der Waals surface area contributed by atoms with Gasteiger partial charge in [0.2, 0.25) is 0 Å². The van der Waals surface area contributed by atoms with E-state index in [4.69, 9.17) is 10.6 Å². The Bertz CT molecular complexity index is 396. The molecule has 2 rings (SSSR count). The van der Waals surface area contributed by atoms with E-state index < -0.39 is 0 Å². The molecular formula is C12H20N4OS. The quantitative estimate of drug-likeness (QED) is 0.627. The van der Waals surface area contributed by atoms with Crippen molar-refractivity contribution >= 4 is 17.6 Å². The van der Waals surface area contributed by atoms with E-state index in [1.807, 2.05) is 11.8 Å². The van der Waals surface area contributed by atoms with Crippen molar-refractivity contribution < 1.29 is 4.74 Å². The molecule has 1 aromatic heterocycles. The Morgan fingerprint density at radius 2 is 2.33 bits per heavy atom. The molecular weight excluding hydrogens is 248 g/mol. The molecule has 0 aromatic carbocycles. The lowest BCUT2D eigenvalue weighted by molar-refractivity contribution is 0.109. The molecule has 18 heavy (non-hydrogen) atoms. The molecule has 0 amide bonds. The fourth-order valence-corrected chi connectivity index (χ4v) is 2.60. The number of hydrogen-bond donors (Lipinski definition) is 2. The predicted molar refractivity (Wildman–Crippen MR) is 74.3 cm³/mol. The number of nitrogen functional groups attached to an aromatic ring is 1. The lowest BCUT2D eigenvalue weighted by Crippen LogP contribution is -2.20. The number of nitrogens with one attached hydrogen (secondary N) is 1. The highest BCUT2D eigenvalue weighted by Gasteiger charge is 2.17. The number of ether oxygens (including phenoxy) is 1. The fraction of sp³-hybridized carbons (Fsp3) is 0.667. The van der Waals surface area contributed by atoms with E-state index in [1.165, 1.54) is 0 Å². The number of thioether (sulfide) groups is 1. The van der Waals surface area contributed by atoms with Crippen molar-refractivity contribution in [1.29, 1.82) is 0 Å². The van der Waals surface area contributed by atoms with Crippen LogP contribution in [0.15, 0.2) is 0 Å². The number of hydrazine groups is 1. The van der Waals surface area contributed by atoms with Crippen LogP contribution in [0.1, 0.15) is 37.4 Å². The lowest BCUT2D eigenvalue weighted by atomic mass is 10.1. The number of hydrogen-bond acceptors (Lipinski definition) is 6. The smallest absolute Gasteiger partial charge is 0.149 e. The first-order valence-corrected chi connectivity index (χ1v) is 7.34. The summed E-state index contributed by atoms with van der Waals surface area (Å²) in [6, 6.07) is 0. The van der Waals surface area contributed by atoms with Crippen molar-refractivity contribution in [3.63, 3.8) is 0 Å². The third-order valence-electron chi connectivity index (χ3n) is 3.08. The van der Waals surface area contributed by atoms with Crippen LogP contribution in [0, 0.1) is 0 Å². The van der Waals surface area contributed by atoms with Crippen LogP contribution in [0.3, 0.4) is 0 Å². The van der Waals surface area contributed by atoms with E-state index in [2.05, 4.69) is 29.2 Å². The molecule has 0 radical (unpaired) electrons. The van der Waals surface area contributed by atoms with Crippen LogP contribution in [0.25, 0.3) is 0 Å². The second-order valence-electron chi connectivity index (χ2n) is 4.39. The van der Waals surface area contributed by atoms with Gasteiger partial charge in [-0.2, -0.15) is 11.8 Å². The summed E-state index contributed by atoms with van der Waals surface area (Å²) < 4.78 is 5.41. The first kappa shape index (κ1) is 13.6. The van der Waals surface area contributed by atoms with Crippen LogP contribution in [0.5, 0.6) is 0 Å². The highest BCUT2D eigenvalue weighted by molar-refractivity contribution is 7.99. The average molecular weight is 268 g/mol. The van der Waals surface area contributed by atoms with Crippen LogP contribution in [0.2, 0.25) is 0 Å². The highest BCUT2D eigenvalue weighted by atomic mass is 32.2. The lowest BCUT2D eigenvalue weighted by Gasteiger charge is -2.19. The van der Waals surface area contributed by atoms with Crippen LogP contribution in [0.4, 0.5) is 5.82 Å². The molecule has 1 aliphatic heterocycles. The zero-order chi connectivity index (χ0) is 13.0. The minimum atomic E-state index is 0.549. The van der Waals surface area contributed by atoms with Gasteiger partial charge >= 0.3 is 0 Å². The number of nitrogens with two attached hydrogens (primary N) is 1. The Balaban J connectivity index is 2.16. The molecule has 5 nitrogen and oxygen atoms in total. The summed E-state index contributed by atoms with van der Waals surface area (Å²) in [5.41, 5.74) is 4.73. The molecule has 1 atom stereocenters. The topological polar surface area (TPSA) is 73.1 Å². The Labute approximate surface area is 112 Å². The normalized spacial score (nSPS) is 16.2. The maximum absolute atomic E-state index is 5.52. The highest BCUT2D eigenvalue weighted by Crippen LogP contribution is 2.24. The van der Waals surface area contributed by atoms with E-state index in [0.717, 1.165) is 42.3 Å². The van der Waals surface area contributed by atoms with Gasteiger partial charge in [0.05, 0.1) is 24.7 Å². The molecule has 1 aliphatic rings. The molecule has 100 valence electrons. The first-order valence-electron chi connectivity index (χ1n) is 6.29. The van der Waals surface area contributed by atoms with Gasteiger partial charge in [0.1, 0.15) is 11.6 Å². The number of nitrogens with zero attached hydrogens (tertiary/aromatic N) is 2. The van der Waals surface area contributed by atoms with Gasteiger partial charge in [0.25, 0.3) is 0 Å². The maximum atomic E-state index is 5.52. The maximum Gasteiger partial charge on any atom is 0.149 e. The zero-order valence-corrected chi connectivity index (χ0v) is 11.7. The Kier molecular flexibility index (Phi) is 4.79. The van der Waals surface area contributed by atoms with Crippen LogP contribution in [-0.2, 0) is 23.5 Å². The zero-order valence-electron chi connectivity index (χ0n) is 10.9. The average Bonchev–Trinajstić information content (AvgIpc) is 2.43. The van der Waals surface area contributed by atoms with Gasteiger partial charge in [-0.05, 0) is 6.42 Å². The van der Waals surface area contributed by atoms with E-state index in [1.54, 1.807) is 0 Å². The third-order valence-corrected chi connectivity index (χ3v) is 4.40. The van der Waals surface area contributed by atoms with Crippen LogP contribution in [-0.4, -0.2) is 21.8 Å². The number of rotatable bonds is 5. The molecule has 3 N–H and O–H groups in total. The molecule has 0 fully saturated rings. The van der Waals surface area contributed by atoms with Crippen molar-refractivity contribution in [1.82, 2.24) is 9.97 Å². The van der Waals surface area contributed by atoms with Gasteiger partial charge in [0, 0.05) is 17.2 Å². The molecule has 0 saturated carbocycles. The van der Waals surface area contributed by atoms with Gasteiger partial charge < -0.3 is 10.2 Å². The standard InChI is InChI=1S/C12H20N4OS/c1-3-8(2)18-7-11-14-10-4-5-17-6-9(10)12(15-11)16-13/h8H,3-7,13H2,1-2H3,(H,14,15,16). The summed E-state index contributed by atoms with van der Waals surface area (Å²) in [5.74, 6) is 7.92. The Hall–Kier alpha value is -0.850. The van der Waals surface area contributed by atoms with Gasteiger partial charge in [-0.1, -0.05) is 13.8 Å². The summed E-state index contributed by atoms with van der Waals surface area (Å²) >= 11 is 1.87. The molecule has 1 aromatic rings. The largest absolute Gasteiger partial charge is 0.376 e. The molecule has 6 heteroatoms. The minimum Gasteiger partial charge on any atom is -0.376 e. The molecule has 0 saturated heterocycles. The first-order chi connectivity index (χ1) is 8.74. The van der Waals surface area contributed by atoms with Crippen molar-refractivity contribution in [2.24, 2.45) is 5.84 Å². The van der Waals surface area contributed by atoms with Crippen molar-refractivity contribution in [3.05, 3.63) is 17.1 Å². The van der Waals surface area contributed by atoms with E-state index in [-0.39, 0.29) is 0 Å².